The standard InChI is InChI=1S/C18H25N5O2S/c1-13(2)20-18(25)16-8-14(9-23(16)10-15-4-3-7-26-15)21-17(24)11-22-6-5-19-12-22/h3-7,12-14,16H,8-11H2,1-2H3,(H,20,25)(H,21,24)/t14-,16+/m1/s1. The van der Waals surface area contributed by atoms with Crippen LogP contribution in [0.2, 0.25) is 0 Å². The molecule has 1 saturated heterocycles. The number of aromatic nitrogens is 2. The average molecular weight is 375 g/mol. The number of carbonyl (C=O) groups is 2. The predicted molar refractivity (Wildman–Crippen MR) is 101 cm³/mol. The minimum Gasteiger partial charge on any atom is -0.353 e. The van der Waals surface area contributed by atoms with Gasteiger partial charge >= 0.3 is 0 Å². The van der Waals surface area contributed by atoms with E-state index in [1.54, 1.807) is 34.6 Å². The number of thiophene rings is 1. The molecule has 1 aliphatic heterocycles. The Morgan fingerprint density at radius 3 is 2.92 bits per heavy atom. The van der Waals surface area contributed by atoms with Crippen LogP contribution in [0.4, 0.5) is 0 Å². The molecule has 0 aromatic carbocycles. The molecule has 7 nitrogen and oxygen atoms in total. The van der Waals surface area contributed by atoms with E-state index < -0.39 is 0 Å². The van der Waals surface area contributed by atoms with E-state index in [2.05, 4.69) is 26.6 Å². The summed E-state index contributed by atoms with van der Waals surface area (Å²) in [4.78, 5) is 32.2. The largest absolute Gasteiger partial charge is 0.353 e. The third-order valence-electron chi connectivity index (χ3n) is 4.33. The van der Waals surface area contributed by atoms with Crippen LogP contribution in [0.25, 0.3) is 0 Å². The zero-order valence-electron chi connectivity index (χ0n) is 15.1. The zero-order valence-corrected chi connectivity index (χ0v) is 15.9. The van der Waals surface area contributed by atoms with Gasteiger partial charge in [-0.3, -0.25) is 14.5 Å². The number of imidazole rings is 1. The summed E-state index contributed by atoms with van der Waals surface area (Å²) in [5, 5.41) is 8.10. The van der Waals surface area contributed by atoms with Gasteiger partial charge in [-0.2, -0.15) is 0 Å². The molecule has 3 heterocycles. The van der Waals surface area contributed by atoms with Crippen LogP contribution in [0.15, 0.2) is 36.2 Å². The van der Waals surface area contributed by atoms with E-state index in [0.717, 1.165) is 6.54 Å². The fourth-order valence-electron chi connectivity index (χ4n) is 3.26. The second-order valence-electron chi connectivity index (χ2n) is 6.92. The van der Waals surface area contributed by atoms with Crippen molar-refractivity contribution in [3.8, 4) is 0 Å². The van der Waals surface area contributed by atoms with Crippen LogP contribution in [0, 0.1) is 0 Å². The number of nitrogens with zero attached hydrogens (tertiary/aromatic N) is 3. The molecule has 2 N–H and O–H groups in total. The van der Waals surface area contributed by atoms with Gasteiger partial charge in [0.1, 0.15) is 6.54 Å². The first-order valence-electron chi connectivity index (χ1n) is 8.83. The van der Waals surface area contributed by atoms with Crippen molar-refractivity contribution in [2.24, 2.45) is 0 Å². The lowest BCUT2D eigenvalue weighted by Gasteiger charge is -2.23. The molecule has 1 fully saturated rings. The quantitative estimate of drug-likeness (QED) is 0.763. The topological polar surface area (TPSA) is 79.3 Å². The number of amides is 2. The summed E-state index contributed by atoms with van der Waals surface area (Å²) in [6.07, 6.45) is 5.66. The van der Waals surface area contributed by atoms with Crippen LogP contribution in [0.5, 0.6) is 0 Å². The molecule has 2 aromatic rings. The van der Waals surface area contributed by atoms with Gasteiger partial charge in [0.05, 0.1) is 12.4 Å². The molecular formula is C18H25N5O2S. The van der Waals surface area contributed by atoms with Gasteiger partial charge in [0, 0.05) is 42.4 Å². The van der Waals surface area contributed by atoms with Crippen molar-refractivity contribution in [2.75, 3.05) is 6.54 Å². The summed E-state index contributed by atoms with van der Waals surface area (Å²) >= 11 is 1.68. The van der Waals surface area contributed by atoms with E-state index in [0.29, 0.717) is 13.0 Å². The van der Waals surface area contributed by atoms with Gasteiger partial charge in [-0.05, 0) is 31.7 Å². The Hall–Kier alpha value is -2.19. The highest BCUT2D eigenvalue weighted by molar-refractivity contribution is 7.09. The number of hydrogen-bond donors (Lipinski definition) is 2. The third-order valence-corrected chi connectivity index (χ3v) is 5.19. The Morgan fingerprint density at radius 2 is 2.27 bits per heavy atom. The summed E-state index contributed by atoms with van der Waals surface area (Å²) in [5.74, 6) is -0.0306. The SMILES string of the molecule is CC(C)NC(=O)[C@@H]1C[C@@H](NC(=O)Cn2ccnc2)CN1Cc1cccs1. The lowest BCUT2D eigenvalue weighted by molar-refractivity contribution is -0.126. The van der Waals surface area contributed by atoms with E-state index in [9.17, 15) is 9.59 Å². The molecule has 26 heavy (non-hydrogen) atoms. The van der Waals surface area contributed by atoms with E-state index in [-0.39, 0.29) is 36.5 Å². The zero-order chi connectivity index (χ0) is 18.5. The molecule has 0 spiro atoms. The fraction of sp³-hybridized carbons (Fsp3) is 0.500. The van der Waals surface area contributed by atoms with Crippen LogP contribution in [-0.2, 0) is 22.7 Å². The molecule has 2 amide bonds. The van der Waals surface area contributed by atoms with Crippen LogP contribution in [-0.4, -0.2) is 50.9 Å². The van der Waals surface area contributed by atoms with Gasteiger partial charge in [0.2, 0.25) is 11.8 Å². The summed E-state index contributed by atoms with van der Waals surface area (Å²) in [7, 11) is 0. The predicted octanol–water partition coefficient (Wildman–Crippen LogP) is 1.23. The second kappa shape index (κ2) is 8.46. The summed E-state index contributed by atoms with van der Waals surface area (Å²) < 4.78 is 1.73. The summed E-state index contributed by atoms with van der Waals surface area (Å²) in [5.41, 5.74) is 0. The molecule has 8 heteroatoms. The third kappa shape index (κ3) is 4.92. The molecule has 3 rings (SSSR count). The van der Waals surface area contributed by atoms with Crippen molar-refractivity contribution in [3.05, 3.63) is 41.1 Å². The number of nitrogens with one attached hydrogen (secondary N) is 2. The lowest BCUT2D eigenvalue weighted by Crippen LogP contribution is -2.45. The number of carbonyl (C=O) groups excluding carboxylic acids is 2. The van der Waals surface area contributed by atoms with Crippen LogP contribution in [0.3, 0.4) is 0 Å². The first-order valence-corrected chi connectivity index (χ1v) is 9.71. The molecule has 2 atom stereocenters. The highest BCUT2D eigenvalue weighted by atomic mass is 32.1. The molecule has 1 aliphatic rings. The highest BCUT2D eigenvalue weighted by Crippen LogP contribution is 2.23. The Balaban J connectivity index is 1.62. The molecule has 0 saturated carbocycles. The van der Waals surface area contributed by atoms with E-state index in [4.69, 9.17) is 0 Å². The van der Waals surface area contributed by atoms with Gasteiger partial charge in [-0.25, -0.2) is 4.98 Å². The molecule has 0 radical (unpaired) electrons. The van der Waals surface area contributed by atoms with Crippen LogP contribution >= 0.6 is 11.3 Å². The molecule has 0 unspecified atom stereocenters. The van der Waals surface area contributed by atoms with Gasteiger partial charge in [0.15, 0.2) is 0 Å². The molecule has 140 valence electrons. The smallest absolute Gasteiger partial charge is 0.240 e. The molecule has 2 aromatic heterocycles. The lowest BCUT2D eigenvalue weighted by atomic mass is 10.1. The minimum absolute atomic E-state index is 0.0305. The van der Waals surface area contributed by atoms with Gasteiger partial charge < -0.3 is 15.2 Å². The van der Waals surface area contributed by atoms with Gasteiger partial charge in [-0.1, -0.05) is 6.07 Å². The van der Waals surface area contributed by atoms with Crippen molar-refractivity contribution in [1.29, 1.82) is 0 Å². The summed E-state index contributed by atoms with van der Waals surface area (Å²) in [6, 6.07) is 3.93. The maximum absolute atomic E-state index is 12.6. The first kappa shape index (κ1) is 18.6. The van der Waals surface area contributed by atoms with Crippen molar-refractivity contribution in [2.45, 2.75) is 51.5 Å². The van der Waals surface area contributed by atoms with Crippen molar-refractivity contribution in [3.63, 3.8) is 0 Å². The van der Waals surface area contributed by atoms with Crippen LogP contribution in [0.1, 0.15) is 25.1 Å². The van der Waals surface area contributed by atoms with Crippen molar-refractivity contribution in [1.82, 2.24) is 25.1 Å². The number of hydrogen-bond acceptors (Lipinski definition) is 5. The van der Waals surface area contributed by atoms with E-state index in [1.165, 1.54) is 4.88 Å². The second-order valence-corrected chi connectivity index (χ2v) is 7.96. The molecular weight excluding hydrogens is 350 g/mol. The number of likely N-dealkylation sites (tertiary alicyclic amines) is 1. The van der Waals surface area contributed by atoms with E-state index in [1.807, 2.05) is 25.3 Å². The summed E-state index contributed by atoms with van der Waals surface area (Å²) in [6.45, 7) is 5.55. The Bertz CT molecular complexity index is 714. The first-order chi connectivity index (χ1) is 12.5. The Kier molecular flexibility index (Phi) is 6.05. The van der Waals surface area contributed by atoms with Crippen LogP contribution < -0.4 is 10.6 Å². The maximum atomic E-state index is 12.6. The minimum atomic E-state index is -0.224. The monoisotopic (exact) mass is 375 g/mol. The molecule has 0 bridgehead atoms. The van der Waals surface area contributed by atoms with Crippen molar-refractivity contribution >= 4 is 23.2 Å². The van der Waals surface area contributed by atoms with Crippen molar-refractivity contribution < 1.29 is 9.59 Å². The van der Waals surface area contributed by atoms with Gasteiger partial charge in [-0.15, -0.1) is 11.3 Å². The average Bonchev–Trinajstić information content (AvgIpc) is 3.29. The van der Waals surface area contributed by atoms with Gasteiger partial charge in [0.25, 0.3) is 0 Å². The molecule has 0 aliphatic carbocycles. The fourth-order valence-corrected chi connectivity index (χ4v) is 3.99. The maximum Gasteiger partial charge on any atom is 0.240 e. The normalized spacial score (nSPS) is 20.4. The number of rotatable bonds is 7. The Labute approximate surface area is 157 Å². The Morgan fingerprint density at radius 1 is 1.42 bits per heavy atom. The highest BCUT2D eigenvalue weighted by Gasteiger charge is 2.37. The van der Waals surface area contributed by atoms with E-state index >= 15 is 0 Å².